The van der Waals surface area contributed by atoms with E-state index in [1.54, 1.807) is 0 Å². The number of fused-ring (bicyclic) bond motifs is 5. The Morgan fingerprint density at radius 2 is 1.97 bits per heavy atom. The van der Waals surface area contributed by atoms with E-state index >= 15 is 0 Å². The monoisotopic (exact) mass is 412 g/mol. The van der Waals surface area contributed by atoms with E-state index in [1.165, 1.54) is 11.1 Å². The summed E-state index contributed by atoms with van der Waals surface area (Å²) >= 11 is 0. The predicted molar refractivity (Wildman–Crippen MR) is 116 cm³/mol. The summed E-state index contributed by atoms with van der Waals surface area (Å²) in [6.45, 7) is 10.5. The third-order valence-electron chi connectivity index (χ3n) is 9.23. The number of allylic oxidation sites excluding steroid dienone is 4. The molecular weight excluding hydrogens is 376 g/mol. The van der Waals surface area contributed by atoms with Gasteiger partial charge in [-0.05, 0) is 75.9 Å². The number of hydrogen-bond donors (Lipinski definition) is 0. The lowest BCUT2D eigenvalue weighted by Gasteiger charge is -2.58. The van der Waals surface area contributed by atoms with Crippen molar-refractivity contribution in [3.05, 3.63) is 23.3 Å². The van der Waals surface area contributed by atoms with E-state index in [0.29, 0.717) is 30.5 Å². The minimum Gasteiger partial charge on any atom is -0.462 e. The van der Waals surface area contributed by atoms with E-state index in [-0.39, 0.29) is 40.5 Å². The van der Waals surface area contributed by atoms with Gasteiger partial charge < -0.3 is 4.74 Å². The van der Waals surface area contributed by atoms with Crippen molar-refractivity contribution in [3.63, 3.8) is 0 Å². The maximum Gasteiger partial charge on any atom is 0.306 e. The van der Waals surface area contributed by atoms with Crippen LogP contribution in [0.1, 0.15) is 79.6 Å². The maximum absolute atomic E-state index is 13.2. The fraction of sp³-hybridized carbons (Fsp3) is 0.731. The molecule has 0 spiro atoms. The summed E-state index contributed by atoms with van der Waals surface area (Å²) in [6, 6.07) is 0. The fourth-order valence-electron chi connectivity index (χ4n) is 7.53. The van der Waals surface area contributed by atoms with Crippen molar-refractivity contribution in [2.75, 3.05) is 0 Å². The summed E-state index contributed by atoms with van der Waals surface area (Å²) in [7, 11) is 0. The quantitative estimate of drug-likeness (QED) is 0.595. The van der Waals surface area contributed by atoms with Gasteiger partial charge in [0.05, 0.1) is 0 Å². The summed E-state index contributed by atoms with van der Waals surface area (Å²) in [4.78, 5) is 37.5. The summed E-state index contributed by atoms with van der Waals surface area (Å²) in [5, 5.41) is 0. The van der Waals surface area contributed by atoms with Crippen molar-refractivity contribution in [1.82, 2.24) is 0 Å². The van der Waals surface area contributed by atoms with Crippen LogP contribution in [0.4, 0.5) is 0 Å². The molecule has 0 radical (unpaired) electrons. The largest absolute Gasteiger partial charge is 0.462 e. The predicted octanol–water partition coefficient (Wildman–Crippen LogP) is 5.21. The van der Waals surface area contributed by atoms with Gasteiger partial charge in [-0.1, -0.05) is 31.9 Å². The van der Waals surface area contributed by atoms with Crippen LogP contribution in [0.5, 0.6) is 0 Å². The Labute approximate surface area is 180 Å². The maximum atomic E-state index is 13.2. The second-order valence-corrected chi connectivity index (χ2v) is 10.6. The summed E-state index contributed by atoms with van der Waals surface area (Å²) in [5.74, 6) is 1.52. The molecule has 4 rings (SSSR count). The van der Waals surface area contributed by atoms with E-state index in [9.17, 15) is 14.4 Å². The average molecular weight is 413 g/mol. The smallest absolute Gasteiger partial charge is 0.306 e. The highest BCUT2D eigenvalue weighted by atomic mass is 16.5. The molecule has 4 heteroatoms. The summed E-state index contributed by atoms with van der Waals surface area (Å²) in [5.41, 5.74) is 2.06. The molecule has 3 saturated carbocycles. The minimum atomic E-state index is -0.309. The molecule has 4 aliphatic carbocycles. The van der Waals surface area contributed by atoms with Gasteiger partial charge in [-0.2, -0.15) is 0 Å². The van der Waals surface area contributed by atoms with Gasteiger partial charge >= 0.3 is 5.97 Å². The molecule has 0 aromatic rings. The average Bonchev–Trinajstić information content (AvgIpc) is 2.94. The first-order valence-electron chi connectivity index (χ1n) is 11.8. The number of carbonyl (C=O) groups excluding carboxylic acids is 3. The molecule has 7 atom stereocenters. The van der Waals surface area contributed by atoms with Crippen molar-refractivity contribution in [1.29, 1.82) is 0 Å². The zero-order valence-corrected chi connectivity index (χ0v) is 19.1. The summed E-state index contributed by atoms with van der Waals surface area (Å²) in [6.07, 6.45) is 9.04. The van der Waals surface area contributed by atoms with Gasteiger partial charge in [-0.25, -0.2) is 0 Å². The SMILES string of the molecule is CCCC(=O)O[C@@H](C)[C@H]1CC(=O)[C@@]2(C)CC[C@H]3[C@@H](CCC4=CC(=O)C=C(C)[C@@]43C)[C@H]12. The number of carbonyl (C=O) groups is 3. The number of Topliss-reactive ketones (excluding diaryl/α,β-unsaturated/α-hetero) is 1. The van der Waals surface area contributed by atoms with E-state index in [1.807, 2.05) is 26.0 Å². The van der Waals surface area contributed by atoms with Gasteiger partial charge in [-0.3, -0.25) is 14.4 Å². The van der Waals surface area contributed by atoms with Gasteiger partial charge in [0.2, 0.25) is 0 Å². The Morgan fingerprint density at radius 3 is 2.67 bits per heavy atom. The molecule has 164 valence electrons. The van der Waals surface area contributed by atoms with Crippen molar-refractivity contribution in [3.8, 4) is 0 Å². The van der Waals surface area contributed by atoms with Crippen LogP contribution >= 0.6 is 0 Å². The highest BCUT2D eigenvalue weighted by molar-refractivity contribution is 6.02. The highest BCUT2D eigenvalue weighted by Crippen LogP contribution is 2.66. The number of ketones is 2. The molecule has 0 unspecified atom stereocenters. The molecule has 0 aliphatic heterocycles. The first-order valence-corrected chi connectivity index (χ1v) is 11.8. The van der Waals surface area contributed by atoms with Crippen molar-refractivity contribution in [2.24, 2.45) is 34.5 Å². The molecule has 4 nitrogen and oxygen atoms in total. The Bertz CT molecular complexity index is 836. The molecule has 30 heavy (non-hydrogen) atoms. The molecule has 0 saturated heterocycles. The Balaban J connectivity index is 1.67. The minimum absolute atomic E-state index is 0.0868. The molecule has 0 heterocycles. The van der Waals surface area contributed by atoms with Gasteiger partial charge in [0.1, 0.15) is 11.9 Å². The molecule has 0 aromatic carbocycles. The number of ether oxygens (including phenoxy) is 1. The van der Waals surface area contributed by atoms with Crippen LogP contribution < -0.4 is 0 Å². The molecule has 0 N–H and O–H groups in total. The third-order valence-corrected chi connectivity index (χ3v) is 9.23. The Hall–Kier alpha value is -1.71. The molecule has 0 bridgehead atoms. The first-order chi connectivity index (χ1) is 14.1. The number of hydrogen-bond acceptors (Lipinski definition) is 4. The van der Waals surface area contributed by atoms with Crippen LogP contribution in [-0.2, 0) is 19.1 Å². The topological polar surface area (TPSA) is 60.4 Å². The van der Waals surface area contributed by atoms with Gasteiger partial charge in [0.25, 0.3) is 0 Å². The van der Waals surface area contributed by atoms with Crippen molar-refractivity contribution >= 4 is 17.5 Å². The standard InChI is InChI=1S/C26H36O4/c1-6-7-23(29)30-16(3)20-14-22(28)25(4)11-10-21-19(24(20)25)9-8-17-13-18(27)12-15(2)26(17,21)5/h12-13,16,19-21,24H,6-11,14H2,1-5H3/t16-,19+,20+,21-,24+,25+,26-/m0/s1. The normalized spacial score (nSPS) is 41.2. The lowest BCUT2D eigenvalue weighted by Crippen LogP contribution is -2.52. The lowest BCUT2D eigenvalue weighted by molar-refractivity contribution is -0.154. The molecule has 4 aliphatic rings. The van der Waals surface area contributed by atoms with E-state index in [4.69, 9.17) is 4.74 Å². The zero-order chi connectivity index (χ0) is 21.8. The van der Waals surface area contributed by atoms with Crippen LogP contribution in [0, 0.1) is 34.5 Å². The van der Waals surface area contributed by atoms with Gasteiger partial charge in [0.15, 0.2) is 5.78 Å². The molecule has 3 fully saturated rings. The second kappa shape index (κ2) is 7.46. The van der Waals surface area contributed by atoms with E-state index in [2.05, 4.69) is 20.8 Å². The van der Waals surface area contributed by atoms with Crippen LogP contribution in [0.15, 0.2) is 23.3 Å². The van der Waals surface area contributed by atoms with E-state index in [0.717, 1.165) is 32.1 Å². The zero-order valence-electron chi connectivity index (χ0n) is 19.1. The fourth-order valence-corrected chi connectivity index (χ4v) is 7.53. The van der Waals surface area contributed by atoms with Crippen molar-refractivity contribution < 1.29 is 19.1 Å². The molecule has 0 aromatic heterocycles. The number of rotatable bonds is 4. The molecule has 0 amide bonds. The Kier molecular flexibility index (Phi) is 5.35. The van der Waals surface area contributed by atoms with Gasteiger partial charge in [-0.15, -0.1) is 0 Å². The van der Waals surface area contributed by atoms with Crippen LogP contribution in [0.2, 0.25) is 0 Å². The third kappa shape index (κ3) is 3.05. The van der Waals surface area contributed by atoms with Crippen molar-refractivity contribution in [2.45, 2.75) is 85.7 Å². The summed E-state index contributed by atoms with van der Waals surface area (Å²) < 4.78 is 5.81. The number of esters is 1. The van der Waals surface area contributed by atoms with Crippen LogP contribution in [-0.4, -0.2) is 23.6 Å². The van der Waals surface area contributed by atoms with Crippen LogP contribution in [0.3, 0.4) is 0 Å². The lowest BCUT2D eigenvalue weighted by atomic mass is 9.46. The second-order valence-electron chi connectivity index (χ2n) is 10.6. The van der Waals surface area contributed by atoms with E-state index < -0.39 is 0 Å². The van der Waals surface area contributed by atoms with Crippen LogP contribution in [0.25, 0.3) is 0 Å². The molecular formula is C26H36O4. The Morgan fingerprint density at radius 1 is 1.23 bits per heavy atom. The first kappa shape index (κ1) is 21.5. The van der Waals surface area contributed by atoms with Gasteiger partial charge in [0, 0.05) is 29.6 Å². The highest BCUT2D eigenvalue weighted by Gasteiger charge is 2.63.